The summed E-state index contributed by atoms with van der Waals surface area (Å²) < 4.78 is 0. The molecule has 0 atom stereocenters. The Morgan fingerprint density at radius 1 is 1.00 bits per heavy atom. The van der Waals surface area contributed by atoms with Gasteiger partial charge in [0.1, 0.15) is 5.75 Å². The molecule has 2 aliphatic rings. The Balaban J connectivity index is 1.31. The monoisotopic (exact) mass is 611 g/mol. The number of aromatic hydroxyl groups is 1. The molecule has 1 fully saturated rings. The first-order valence-corrected chi connectivity index (χ1v) is 14.8. The van der Waals surface area contributed by atoms with Crippen LogP contribution in [0.3, 0.4) is 0 Å². The lowest BCUT2D eigenvalue weighted by atomic mass is 9.80. The van der Waals surface area contributed by atoms with Gasteiger partial charge in [-0.15, -0.1) is 6.58 Å². The average Bonchev–Trinajstić information content (AvgIpc) is 2.93. The van der Waals surface area contributed by atoms with Gasteiger partial charge >= 0.3 is 0 Å². The van der Waals surface area contributed by atoms with Gasteiger partial charge in [0.05, 0.1) is 11.3 Å². The van der Waals surface area contributed by atoms with Crippen molar-refractivity contribution in [2.75, 3.05) is 22.1 Å². The molecule has 4 N–H and O–H groups in total. The molecule has 0 radical (unpaired) electrons. The minimum atomic E-state index is -0.483. The number of piperidine rings is 1. The van der Waals surface area contributed by atoms with E-state index in [-0.39, 0.29) is 45.2 Å². The van der Waals surface area contributed by atoms with Gasteiger partial charge in [-0.05, 0) is 82.5 Å². The molecule has 2 aliphatic heterocycles. The maximum absolute atomic E-state index is 13.7. The second kappa shape index (κ2) is 10.9. The lowest BCUT2D eigenvalue weighted by Gasteiger charge is -2.46. The highest BCUT2D eigenvalue weighted by Crippen LogP contribution is 2.39. The Kier molecular flexibility index (Phi) is 7.30. The number of hydrogen-bond acceptors (Lipinski definition) is 9. The number of nitrogens with zero attached hydrogens (tertiary/aromatic N) is 4. The molecular weight excluding hydrogens is 578 g/mol. The Morgan fingerprint density at radius 2 is 1.68 bits per heavy atom. The molecule has 0 spiro atoms. The normalized spacial score (nSPS) is 17.5. The lowest BCUT2D eigenvalue weighted by Crippen LogP contribution is -2.60. The molecule has 44 heavy (non-hydrogen) atoms. The molecule has 0 saturated carbocycles. The number of aromatic nitrogens is 3. The predicted molar refractivity (Wildman–Crippen MR) is 174 cm³/mol. The van der Waals surface area contributed by atoms with Crippen molar-refractivity contribution in [1.29, 1.82) is 0 Å². The van der Waals surface area contributed by atoms with Crippen LogP contribution in [0.1, 0.15) is 61.3 Å². The first kappa shape index (κ1) is 29.5. The van der Waals surface area contributed by atoms with E-state index in [0.29, 0.717) is 29.0 Å². The van der Waals surface area contributed by atoms with E-state index in [4.69, 9.17) is 11.6 Å². The van der Waals surface area contributed by atoms with Gasteiger partial charge in [-0.3, -0.25) is 9.59 Å². The van der Waals surface area contributed by atoms with Gasteiger partial charge in [0.25, 0.3) is 11.8 Å². The van der Waals surface area contributed by atoms with Crippen LogP contribution in [0.5, 0.6) is 5.75 Å². The van der Waals surface area contributed by atoms with E-state index < -0.39 is 11.8 Å². The number of carbonyl (C=O) groups excluding carboxylic acids is 2. The van der Waals surface area contributed by atoms with Gasteiger partial charge in [0.15, 0.2) is 5.82 Å². The predicted octanol–water partition coefficient (Wildman–Crippen LogP) is 6.17. The highest BCUT2D eigenvalue weighted by atomic mass is 35.5. The fourth-order valence-corrected chi connectivity index (χ4v) is 6.82. The third-order valence-corrected chi connectivity index (χ3v) is 8.13. The van der Waals surface area contributed by atoms with E-state index in [1.807, 2.05) is 12.1 Å². The first-order valence-electron chi connectivity index (χ1n) is 14.5. The van der Waals surface area contributed by atoms with Crippen molar-refractivity contribution in [3.8, 4) is 17.1 Å². The van der Waals surface area contributed by atoms with E-state index in [9.17, 15) is 14.7 Å². The van der Waals surface area contributed by atoms with Gasteiger partial charge in [0, 0.05) is 57.3 Å². The van der Waals surface area contributed by atoms with Crippen LogP contribution in [-0.2, 0) is 0 Å². The number of imide groups is 1. The molecule has 1 saturated heterocycles. The van der Waals surface area contributed by atoms with Crippen LogP contribution in [0.4, 0.5) is 17.3 Å². The van der Waals surface area contributed by atoms with E-state index >= 15 is 0 Å². The van der Waals surface area contributed by atoms with Crippen LogP contribution >= 0.6 is 11.6 Å². The molecule has 3 aromatic carbocycles. The summed E-state index contributed by atoms with van der Waals surface area (Å²) in [5, 5.41) is 22.8. The lowest BCUT2D eigenvalue weighted by molar-refractivity contribution is 0.0893. The maximum atomic E-state index is 13.7. The summed E-state index contributed by atoms with van der Waals surface area (Å²) in [7, 11) is 0. The fourth-order valence-electron chi connectivity index (χ4n) is 6.66. The van der Waals surface area contributed by atoms with Crippen molar-refractivity contribution in [1.82, 2.24) is 20.3 Å². The number of halogens is 1. The van der Waals surface area contributed by atoms with Crippen molar-refractivity contribution in [3.63, 3.8) is 0 Å². The standard InChI is InChI=1S/C33H34ClN7O3/c1-6-14-35-24-13-12-23-26-20(24)8-7-9-22(26)28(43)41(29(23)44)19-10-11-21(25(42)15-19)27-37-30(34)39-31(38-27)36-18-16-32(2,3)40-33(4,5)17-18/h6-13,15,18,35,40,42H,1,14,16-17H2,2-5H3,(H,36,37,38,39). The van der Waals surface area contributed by atoms with Crippen molar-refractivity contribution in [3.05, 3.63) is 77.6 Å². The molecule has 3 heterocycles. The van der Waals surface area contributed by atoms with Gasteiger partial charge in [-0.1, -0.05) is 18.2 Å². The minimum Gasteiger partial charge on any atom is -0.507 e. The summed E-state index contributed by atoms with van der Waals surface area (Å²) in [5.41, 5.74) is 1.92. The molecule has 6 rings (SSSR count). The number of amides is 2. The SMILES string of the molecule is C=CCNc1ccc2c3c(cccc13)C(=O)N(c1ccc(-c3nc(Cl)nc(NC4CC(C)(C)NC(C)(C)C4)n3)c(O)c1)C2=O. The summed E-state index contributed by atoms with van der Waals surface area (Å²) in [4.78, 5) is 41.5. The minimum absolute atomic E-state index is 0.0264. The van der Waals surface area contributed by atoms with Crippen LogP contribution in [0, 0.1) is 0 Å². The number of hydrogen-bond donors (Lipinski definition) is 4. The summed E-state index contributed by atoms with van der Waals surface area (Å²) in [6.07, 6.45) is 3.43. The molecule has 2 amide bonds. The quantitative estimate of drug-likeness (QED) is 0.143. The number of carbonyl (C=O) groups is 2. The summed E-state index contributed by atoms with van der Waals surface area (Å²) in [6, 6.07) is 13.5. The Bertz CT molecular complexity index is 1800. The third-order valence-electron chi connectivity index (χ3n) is 7.96. The molecular formula is C33H34ClN7O3. The molecule has 11 heteroatoms. The number of phenolic OH excluding ortho intramolecular Hbond substituents is 1. The average molecular weight is 612 g/mol. The second-order valence-corrected chi connectivity index (χ2v) is 12.9. The Hall–Kier alpha value is -4.54. The topological polar surface area (TPSA) is 132 Å². The molecule has 0 bridgehead atoms. The third kappa shape index (κ3) is 5.46. The van der Waals surface area contributed by atoms with Crippen molar-refractivity contribution < 1.29 is 14.7 Å². The highest BCUT2D eigenvalue weighted by molar-refractivity contribution is 6.36. The zero-order valence-corrected chi connectivity index (χ0v) is 25.8. The van der Waals surface area contributed by atoms with Crippen LogP contribution < -0.4 is 20.9 Å². The second-order valence-electron chi connectivity index (χ2n) is 12.6. The summed E-state index contributed by atoms with van der Waals surface area (Å²) >= 11 is 6.30. The van der Waals surface area contributed by atoms with Crippen molar-refractivity contribution in [2.24, 2.45) is 0 Å². The number of nitrogens with one attached hydrogen (secondary N) is 3. The Morgan fingerprint density at radius 3 is 2.36 bits per heavy atom. The first-order chi connectivity index (χ1) is 20.9. The zero-order valence-electron chi connectivity index (χ0n) is 25.0. The van der Waals surface area contributed by atoms with Crippen LogP contribution in [0.15, 0.2) is 61.2 Å². The Labute approximate surface area is 260 Å². The zero-order chi connectivity index (χ0) is 31.4. The van der Waals surface area contributed by atoms with Crippen molar-refractivity contribution in [2.45, 2.75) is 57.7 Å². The molecule has 1 aromatic heterocycles. The fraction of sp³-hybridized carbons (Fsp3) is 0.303. The van der Waals surface area contributed by atoms with Gasteiger partial charge in [-0.2, -0.15) is 15.0 Å². The number of benzene rings is 3. The van der Waals surface area contributed by atoms with E-state index in [0.717, 1.165) is 28.8 Å². The van der Waals surface area contributed by atoms with Crippen LogP contribution in [0.2, 0.25) is 5.28 Å². The molecule has 0 unspecified atom stereocenters. The molecule has 4 aromatic rings. The summed E-state index contributed by atoms with van der Waals surface area (Å²) in [6.45, 7) is 12.9. The van der Waals surface area contributed by atoms with Gasteiger partial charge in [0.2, 0.25) is 11.2 Å². The molecule has 10 nitrogen and oxygen atoms in total. The smallest absolute Gasteiger partial charge is 0.265 e. The number of rotatable bonds is 7. The van der Waals surface area contributed by atoms with Crippen molar-refractivity contribution >= 4 is 51.5 Å². The summed E-state index contributed by atoms with van der Waals surface area (Å²) in [5.74, 6) is -0.717. The largest absolute Gasteiger partial charge is 0.507 e. The maximum Gasteiger partial charge on any atom is 0.265 e. The molecule has 226 valence electrons. The van der Waals surface area contributed by atoms with E-state index in [1.165, 1.54) is 6.07 Å². The van der Waals surface area contributed by atoms with Gasteiger partial charge < -0.3 is 21.1 Å². The number of anilines is 3. The van der Waals surface area contributed by atoms with E-state index in [1.54, 1.807) is 36.4 Å². The van der Waals surface area contributed by atoms with Crippen LogP contribution in [-0.4, -0.2) is 55.5 Å². The van der Waals surface area contributed by atoms with Crippen LogP contribution in [0.25, 0.3) is 22.2 Å². The molecule has 0 aliphatic carbocycles. The van der Waals surface area contributed by atoms with Gasteiger partial charge in [-0.25, -0.2) is 4.90 Å². The number of phenols is 1. The highest BCUT2D eigenvalue weighted by Gasteiger charge is 2.38. The van der Waals surface area contributed by atoms with E-state index in [2.05, 4.69) is 65.2 Å².